The first-order valence-corrected chi connectivity index (χ1v) is 14.8. The average Bonchev–Trinajstić information content (AvgIpc) is 3.00. The number of carbonyl (C=O) groups is 2. The molecule has 214 valence electrons. The zero-order chi connectivity index (χ0) is 29.4. The summed E-state index contributed by atoms with van der Waals surface area (Å²) in [4.78, 5) is 30.9. The van der Waals surface area contributed by atoms with E-state index in [1.807, 2.05) is 12.1 Å². The van der Waals surface area contributed by atoms with Crippen LogP contribution in [0.1, 0.15) is 59.5 Å². The Morgan fingerprint density at radius 1 is 1.00 bits per heavy atom. The highest BCUT2D eigenvalue weighted by Crippen LogP contribution is 2.33. The number of benzene rings is 3. The number of nitrogens with zero attached hydrogens (tertiary/aromatic N) is 3. The van der Waals surface area contributed by atoms with Gasteiger partial charge < -0.3 is 11.1 Å². The molecule has 11 nitrogen and oxygen atoms in total. The van der Waals surface area contributed by atoms with E-state index in [9.17, 15) is 18.0 Å². The summed E-state index contributed by atoms with van der Waals surface area (Å²) < 4.78 is 26.8. The van der Waals surface area contributed by atoms with E-state index in [0.717, 1.165) is 18.4 Å². The summed E-state index contributed by atoms with van der Waals surface area (Å²) in [6.45, 7) is 0.172. The van der Waals surface area contributed by atoms with E-state index in [0.29, 0.717) is 17.3 Å². The van der Waals surface area contributed by atoms with Crippen molar-refractivity contribution in [3.63, 3.8) is 0 Å². The molecule has 0 atom stereocenters. The van der Waals surface area contributed by atoms with Gasteiger partial charge >= 0.3 is 6.03 Å². The van der Waals surface area contributed by atoms with Crippen molar-refractivity contribution in [3.05, 3.63) is 89.5 Å². The van der Waals surface area contributed by atoms with Crippen LogP contribution in [0, 0.1) is 5.53 Å². The Morgan fingerprint density at radius 3 is 2.32 bits per heavy atom. The molecule has 1 aliphatic carbocycles. The lowest BCUT2D eigenvalue weighted by Crippen LogP contribution is -2.34. The predicted octanol–water partition coefficient (Wildman–Crippen LogP) is 5.37. The monoisotopic (exact) mass is 575 g/mol. The molecule has 0 bridgehead atoms. The van der Waals surface area contributed by atoms with Crippen LogP contribution in [0.5, 0.6) is 0 Å². The minimum Gasteiger partial charge on any atom is -0.366 e. The van der Waals surface area contributed by atoms with E-state index < -0.39 is 27.9 Å². The molecule has 1 fully saturated rings. The number of nitrogens with one attached hydrogen (secondary N) is 3. The maximum Gasteiger partial charge on any atom is 0.326 e. The number of urea groups is 1. The number of amides is 3. The van der Waals surface area contributed by atoms with Gasteiger partial charge in [-0.25, -0.2) is 23.5 Å². The van der Waals surface area contributed by atoms with Gasteiger partial charge in [0.05, 0.1) is 11.4 Å². The van der Waals surface area contributed by atoms with Crippen molar-refractivity contribution >= 4 is 39.3 Å². The highest BCUT2D eigenvalue weighted by Gasteiger charge is 2.20. The maximum absolute atomic E-state index is 13.6. The van der Waals surface area contributed by atoms with Crippen LogP contribution in [0.4, 0.5) is 16.2 Å². The smallest absolute Gasteiger partial charge is 0.326 e. The second kappa shape index (κ2) is 13.3. The molecule has 0 aromatic heterocycles. The average molecular weight is 576 g/mol. The first-order valence-electron chi connectivity index (χ1n) is 13.3. The first kappa shape index (κ1) is 29.6. The first-order chi connectivity index (χ1) is 19.7. The third-order valence-electron chi connectivity index (χ3n) is 7.06. The Labute approximate surface area is 239 Å². The fourth-order valence-electron chi connectivity index (χ4n) is 4.82. The second-order valence-electron chi connectivity index (χ2n) is 9.76. The lowest BCUT2D eigenvalue weighted by molar-refractivity contribution is 0.100. The molecule has 0 saturated heterocycles. The minimum atomic E-state index is -3.69. The third kappa shape index (κ3) is 7.62. The largest absolute Gasteiger partial charge is 0.366 e. The zero-order valence-corrected chi connectivity index (χ0v) is 23.5. The molecule has 1 aliphatic rings. The molecule has 3 amide bonds. The third-order valence-corrected chi connectivity index (χ3v) is 8.48. The van der Waals surface area contributed by atoms with Crippen LogP contribution in [-0.2, 0) is 16.6 Å². The van der Waals surface area contributed by atoms with Crippen LogP contribution in [0.2, 0.25) is 0 Å². The Hall–Kier alpha value is -4.42. The number of rotatable bonds is 8. The molecule has 4 rings (SSSR count). The number of aliphatic imine (C=N–C) groups is 1. The summed E-state index contributed by atoms with van der Waals surface area (Å²) in [7, 11) is -2.37. The molecule has 3 aromatic carbocycles. The molecule has 12 heteroatoms. The van der Waals surface area contributed by atoms with Crippen LogP contribution in [0.15, 0.2) is 87.8 Å². The highest BCUT2D eigenvalue weighted by molar-refractivity contribution is 7.89. The van der Waals surface area contributed by atoms with E-state index in [4.69, 9.17) is 11.3 Å². The molecule has 0 spiro atoms. The lowest BCUT2D eigenvalue weighted by atomic mass is 9.84. The van der Waals surface area contributed by atoms with Crippen molar-refractivity contribution < 1.29 is 18.0 Å². The molecule has 0 unspecified atom stereocenters. The number of hydrogen-bond acceptors (Lipinski definition) is 5. The van der Waals surface area contributed by atoms with Gasteiger partial charge in [0.25, 0.3) is 5.91 Å². The van der Waals surface area contributed by atoms with E-state index in [1.165, 1.54) is 44.0 Å². The summed E-state index contributed by atoms with van der Waals surface area (Å²) in [5.41, 5.74) is 15.4. The molecule has 41 heavy (non-hydrogen) atoms. The number of sulfonamides is 1. The second-order valence-corrected chi connectivity index (χ2v) is 11.6. The van der Waals surface area contributed by atoms with E-state index in [2.05, 4.69) is 32.3 Å². The number of nitrogens with two attached hydrogens (primary N) is 1. The quantitative estimate of drug-likeness (QED) is 0.161. The molecular weight excluding hydrogens is 542 g/mol. The molecule has 0 aliphatic heterocycles. The normalized spacial score (nSPS) is 14.3. The summed E-state index contributed by atoms with van der Waals surface area (Å²) in [6, 6.07) is 20.1. The van der Waals surface area contributed by atoms with Gasteiger partial charge in [0.15, 0.2) is 0 Å². The van der Waals surface area contributed by atoms with Gasteiger partial charge in [-0.1, -0.05) is 49.6 Å². The van der Waals surface area contributed by atoms with Gasteiger partial charge in [0.2, 0.25) is 16.0 Å². The summed E-state index contributed by atoms with van der Waals surface area (Å²) in [6.07, 6.45) is 6.02. The van der Waals surface area contributed by atoms with Crippen LogP contribution in [-0.4, -0.2) is 33.4 Å². The van der Waals surface area contributed by atoms with Gasteiger partial charge in [-0.3, -0.25) is 9.69 Å². The van der Waals surface area contributed by atoms with Crippen molar-refractivity contribution in [2.75, 3.05) is 17.3 Å². The molecule has 0 heterocycles. The Morgan fingerprint density at radius 2 is 1.68 bits per heavy atom. The maximum atomic E-state index is 13.6. The Bertz CT molecular complexity index is 1530. The molecular formula is C29H33N7O4S. The van der Waals surface area contributed by atoms with Gasteiger partial charge in [-0.05, 0) is 79.4 Å². The Kier molecular flexibility index (Phi) is 9.58. The Balaban J connectivity index is 1.60. The van der Waals surface area contributed by atoms with E-state index in [-0.39, 0.29) is 17.0 Å². The standard InChI is InChI=1S/C29H33N7O4S/c1-32-41(39,40)26-9-5-8-24(18-26)33-29(38)36(25-16-14-22(15-17-25)21-6-3-2-4-7-21)19-20-10-12-23(13-11-20)27(37)34-28(30)35-31/h5,8-18,21,31-32H,2-4,6-7,19H2,1H3,(H,33,38)(H2,30,34,37). The van der Waals surface area contributed by atoms with Crippen LogP contribution in [0.25, 0.3) is 0 Å². The van der Waals surface area contributed by atoms with Crippen LogP contribution in [0.3, 0.4) is 0 Å². The van der Waals surface area contributed by atoms with Crippen molar-refractivity contribution in [2.45, 2.75) is 49.5 Å². The molecule has 0 radical (unpaired) electrons. The van der Waals surface area contributed by atoms with Crippen molar-refractivity contribution in [2.24, 2.45) is 15.8 Å². The van der Waals surface area contributed by atoms with Gasteiger partial charge in [0.1, 0.15) is 0 Å². The fraction of sp³-hybridized carbons (Fsp3) is 0.276. The number of hydrogen-bond donors (Lipinski definition) is 4. The van der Waals surface area contributed by atoms with Gasteiger partial charge in [-0.2, -0.15) is 4.99 Å². The fourth-order valence-corrected chi connectivity index (χ4v) is 5.60. The SMILES string of the molecule is CNS(=O)(=O)c1cccc(NC(=O)N(Cc2ccc(C(=O)N=C(N)N=N)cc2)c2ccc(C3CCCCC3)cc2)c1. The summed E-state index contributed by atoms with van der Waals surface area (Å²) >= 11 is 0. The highest BCUT2D eigenvalue weighted by atomic mass is 32.2. The van der Waals surface area contributed by atoms with Crippen molar-refractivity contribution in [1.29, 1.82) is 5.53 Å². The van der Waals surface area contributed by atoms with Crippen LogP contribution < -0.4 is 20.7 Å². The number of anilines is 2. The summed E-state index contributed by atoms with van der Waals surface area (Å²) in [5.74, 6) is -0.555. The molecule has 1 saturated carbocycles. The van der Waals surface area contributed by atoms with Crippen molar-refractivity contribution in [1.82, 2.24) is 4.72 Å². The minimum absolute atomic E-state index is 0.0305. The zero-order valence-electron chi connectivity index (χ0n) is 22.7. The topological polar surface area (TPSA) is 170 Å². The summed E-state index contributed by atoms with van der Waals surface area (Å²) in [5, 5.41) is 5.74. The molecule has 3 aromatic rings. The van der Waals surface area contributed by atoms with Crippen molar-refractivity contribution in [3.8, 4) is 0 Å². The lowest BCUT2D eigenvalue weighted by Gasteiger charge is -2.26. The number of guanidine groups is 1. The van der Waals surface area contributed by atoms with Gasteiger partial charge in [0, 0.05) is 16.9 Å². The molecule has 5 N–H and O–H groups in total. The van der Waals surface area contributed by atoms with Crippen LogP contribution >= 0.6 is 0 Å². The predicted molar refractivity (Wildman–Crippen MR) is 158 cm³/mol. The van der Waals surface area contributed by atoms with E-state index >= 15 is 0 Å². The van der Waals surface area contributed by atoms with Gasteiger partial charge in [-0.15, -0.1) is 5.11 Å². The van der Waals surface area contributed by atoms with E-state index in [1.54, 1.807) is 41.3 Å². The number of carbonyl (C=O) groups excluding carboxylic acids is 2.